The van der Waals surface area contributed by atoms with Crippen LogP contribution in [0.1, 0.15) is 31.9 Å². The molecule has 0 bridgehead atoms. The number of anilines is 1. The first-order chi connectivity index (χ1) is 9.58. The lowest BCUT2D eigenvalue weighted by Gasteiger charge is -2.18. The Kier molecular flexibility index (Phi) is 4.59. The van der Waals surface area contributed by atoms with E-state index in [4.69, 9.17) is 0 Å². The molecule has 2 rings (SSSR count). The van der Waals surface area contributed by atoms with Crippen molar-refractivity contribution in [3.05, 3.63) is 15.8 Å². The molecule has 2 atom stereocenters. The Balaban J connectivity index is 2.14. The fourth-order valence-electron chi connectivity index (χ4n) is 3.04. The number of hydrogen-bond donors (Lipinski definition) is 2. The van der Waals surface area contributed by atoms with Crippen LogP contribution in [0.2, 0.25) is 0 Å². The molecular weight excluding hydrogens is 260 g/mol. The highest BCUT2D eigenvalue weighted by Crippen LogP contribution is 2.33. The first-order valence-corrected chi connectivity index (χ1v) is 7.15. The van der Waals surface area contributed by atoms with Crippen LogP contribution in [0.4, 0.5) is 11.5 Å². The number of nitro groups is 1. The Labute approximate surface area is 118 Å². The molecule has 2 N–H and O–H groups in total. The number of aliphatic hydroxyl groups is 1. The molecule has 0 saturated heterocycles. The van der Waals surface area contributed by atoms with E-state index in [9.17, 15) is 15.2 Å². The van der Waals surface area contributed by atoms with Gasteiger partial charge in [-0.3, -0.25) is 10.1 Å². The van der Waals surface area contributed by atoms with E-state index in [0.29, 0.717) is 36.4 Å². The van der Waals surface area contributed by atoms with E-state index in [1.807, 2.05) is 6.92 Å². The molecule has 0 spiro atoms. The van der Waals surface area contributed by atoms with Crippen LogP contribution >= 0.6 is 0 Å². The van der Waals surface area contributed by atoms with E-state index in [2.05, 4.69) is 10.4 Å². The minimum atomic E-state index is -0.380. The summed E-state index contributed by atoms with van der Waals surface area (Å²) in [5.74, 6) is 1.17. The third kappa shape index (κ3) is 2.77. The minimum Gasteiger partial charge on any atom is -0.396 e. The Morgan fingerprint density at radius 3 is 2.80 bits per heavy atom. The second-order valence-corrected chi connectivity index (χ2v) is 5.37. The summed E-state index contributed by atoms with van der Waals surface area (Å²) in [6, 6.07) is 0. The van der Waals surface area contributed by atoms with Crippen LogP contribution in [-0.4, -0.2) is 33.0 Å². The van der Waals surface area contributed by atoms with Crippen molar-refractivity contribution in [1.29, 1.82) is 0 Å². The van der Waals surface area contributed by atoms with Gasteiger partial charge in [0.15, 0.2) is 0 Å². The van der Waals surface area contributed by atoms with Gasteiger partial charge in [-0.1, -0.05) is 6.42 Å². The number of hydrogen-bond acceptors (Lipinski definition) is 5. The Morgan fingerprint density at radius 2 is 2.20 bits per heavy atom. The SMILES string of the molecule is CCn1nc(C)c([N+](=O)[O-])c1NCC1CCCC1CO. The van der Waals surface area contributed by atoms with Crippen molar-refractivity contribution in [3.8, 4) is 0 Å². The van der Waals surface area contributed by atoms with E-state index in [0.717, 1.165) is 19.3 Å². The quantitative estimate of drug-likeness (QED) is 0.614. The van der Waals surface area contributed by atoms with Gasteiger partial charge < -0.3 is 10.4 Å². The van der Waals surface area contributed by atoms with Gasteiger partial charge in [0.05, 0.1) is 4.92 Å². The highest BCUT2D eigenvalue weighted by Gasteiger charge is 2.29. The first-order valence-electron chi connectivity index (χ1n) is 7.15. The topological polar surface area (TPSA) is 93.2 Å². The molecule has 1 heterocycles. The summed E-state index contributed by atoms with van der Waals surface area (Å²) in [6.07, 6.45) is 3.22. The van der Waals surface area contributed by atoms with Crippen molar-refractivity contribution in [3.63, 3.8) is 0 Å². The average molecular weight is 282 g/mol. The van der Waals surface area contributed by atoms with E-state index in [1.54, 1.807) is 11.6 Å². The maximum atomic E-state index is 11.2. The van der Waals surface area contributed by atoms with Crippen LogP contribution in [0.3, 0.4) is 0 Å². The largest absolute Gasteiger partial charge is 0.396 e. The molecule has 112 valence electrons. The van der Waals surface area contributed by atoms with Crippen molar-refractivity contribution in [2.45, 2.75) is 39.7 Å². The van der Waals surface area contributed by atoms with Gasteiger partial charge in [-0.05, 0) is 38.5 Å². The maximum absolute atomic E-state index is 11.2. The van der Waals surface area contributed by atoms with Gasteiger partial charge in [0.2, 0.25) is 5.82 Å². The van der Waals surface area contributed by atoms with Crippen LogP contribution in [-0.2, 0) is 6.54 Å². The molecule has 7 nitrogen and oxygen atoms in total. The zero-order valence-corrected chi connectivity index (χ0v) is 12.0. The van der Waals surface area contributed by atoms with Crippen LogP contribution < -0.4 is 5.32 Å². The van der Waals surface area contributed by atoms with Gasteiger partial charge in [0, 0.05) is 19.7 Å². The number of nitrogens with zero attached hydrogens (tertiary/aromatic N) is 3. The number of nitrogens with one attached hydrogen (secondary N) is 1. The summed E-state index contributed by atoms with van der Waals surface area (Å²) in [7, 11) is 0. The second-order valence-electron chi connectivity index (χ2n) is 5.37. The smallest absolute Gasteiger partial charge is 0.333 e. The lowest BCUT2D eigenvalue weighted by molar-refractivity contribution is -0.384. The summed E-state index contributed by atoms with van der Waals surface area (Å²) in [6.45, 7) is 5.00. The van der Waals surface area contributed by atoms with E-state index in [1.165, 1.54) is 0 Å². The molecule has 2 unspecified atom stereocenters. The fourth-order valence-corrected chi connectivity index (χ4v) is 3.04. The predicted molar refractivity (Wildman–Crippen MR) is 75.7 cm³/mol. The van der Waals surface area contributed by atoms with Gasteiger partial charge in [0.25, 0.3) is 0 Å². The molecule has 1 aromatic rings. The van der Waals surface area contributed by atoms with Crippen LogP contribution in [0, 0.1) is 28.9 Å². The van der Waals surface area contributed by atoms with Crippen molar-refractivity contribution in [2.24, 2.45) is 11.8 Å². The molecule has 1 aliphatic rings. The third-order valence-electron chi connectivity index (χ3n) is 4.16. The van der Waals surface area contributed by atoms with Crippen molar-refractivity contribution < 1.29 is 10.0 Å². The lowest BCUT2D eigenvalue weighted by atomic mass is 9.97. The van der Waals surface area contributed by atoms with Crippen molar-refractivity contribution in [1.82, 2.24) is 9.78 Å². The summed E-state index contributed by atoms with van der Waals surface area (Å²) >= 11 is 0. The number of aliphatic hydroxyl groups excluding tert-OH is 1. The molecule has 1 fully saturated rings. The number of aromatic nitrogens is 2. The zero-order valence-electron chi connectivity index (χ0n) is 12.0. The van der Waals surface area contributed by atoms with E-state index >= 15 is 0 Å². The maximum Gasteiger partial charge on any atom is 0.333 e. The van der Waals surface area contributed by atoms with Crippen molar-refractivity contribution >= 4 is 11.5 Å². The van der Waals surface area contributed by atoms with Gasteiger partial charge in [0.1, 0.15) is 5.69 Å². The molecule has 0 radical (unpaired) electrons. The van der Waals surface area contributed by atoms with Gasteiger partial charge in [-0.2, -0.15) is 5.10 Å². The van der Waals surface area contributed by atoms with Gasteiger partial charge in [-0.15, -0.1) is 0 Å². The fraction of sp³-hybridized carbons (Fsp3) is 0.769. The standard InChI is InChI=1S/C13H22N4O3/c1-3-16-13(12(17(19)20)9(2)15-16)14-7-10-5-4-6-11(10)8-18/h10-11,14,18H,3-8H2,1-2H3. The summed E-state index contributed by atoms with van der Waals surface area (Å²) in [5, 5.41) is 27.9. The van der Waals surface area contributed by atoms with Crippen LogP contribution in [0.25, 0.3) is 0 Å². The van der Waals surface area contributed by atoms with Gasteiger partial charge in [-0.25, -0.2) is 4.68 Å². The lowest BCUT2D eigenvalue weighted by Crippen LogP contribution is -2.22. The molecule has 20 heavy (non-hydrogen) atoms. The molecule has 0 aromatic carbocycles. The average Bonchev–Trinajstić information content (AvgIpc) is 2.99. The molecular formula is C13H22N4O3. The Bertz CT molecular complexity index is 486. The highest BCUT2D eigenvalue weighted by molar-refractivity contribution is 5.59. The number of aryl methyl sites for hydroxylation is 2. The summed E-state index contributed by atoms with van der Waals surface area (Å²) in [5.41, 5.74) is 0.495. The predicted octanol–water partition coefficient (Wildman–Crippen LogP) is 1.94. The molecule has 0 aliphatic heterocycles. The minimum absolute atomic E-state index is 0.0606. The zero-order chi connectivity index (χ0) is 14.7. The molecule has 1 aliphatic carbocycles. The summed E-state index contributed by atoms with van der Waals surface area (Å²) in [4.78, 5) is 10.8. The van der Waals surface area contributed by atoms with Crippen LogP contribution in [0.5, 0.6) is 0 Å². The monoisotopic (exact) mass is 282 g/mol. The number of rotatable bonds is 6. The van der Waals surface area contributed by atoms with Crippen molar-refractivity contribution in [2.75, 3.05) is 18.5 Å². The highest BCUT2D eigenvalue weighted by atomic mass is 16.6. The van der Waals surface area contributed by atoms with E-state index in [-0.39, 0.29) is 17.2 Å². The summed E-state index contributed by atoms with van der Waals surface area (Å²) < 4.78 is 1.64. The Hall–Kier alpha value is -1.63. The molecule has 1 saturated carbocycles. The molecule has 7 heteroatoms. The first kappa shape index (κ1) is 14.8. The second kappa shape index (κ2) is 6.21. The third-order valence-corrected chi connectivity index (χ3v) is 4.16. The van der Waals surface area contributed by atoms with Crippen LogP contribution in [0.15, 0.2) is 0 Å². The van der Waals surface area contributed by atoms with Gasteiger partial charge >= 0.3 is 5.69 Å². The van der Waals surface area contributed by atoms with E-state index < -0.39 is 0 Å². The molecule has 1 aromatic heterocycles. The Morgan fingerprint density at radius 1 is 1.50 bits per heavy atom. The normalized spacial score (nSPS) is 22.1. The molecule has 0 amide bonds.